The van der Waals surface area contributed by atoms with Gasteiger partial charge in [-0.3, -0.25) is 0 Å². The van der Waals surface area contributed by atoms with E-state index in [2.05, 4.69) is 24.1 Å². The van der Waals surface area contributed by atoms with Crippen LogP contribution in [0.25, 0.3) is 0 Å². The summed E-state index contributed by atoms with van der Waals surface area (Å²) in [7, 11) is 0. The van der Waals surface area contributed by atoms with Crippen LogP contribution < -0.4 is 11.1 Å². The molecule has 0 spiro atoms. The van der Waals surface area contributed by atoms with E-state index in [1.807, 2.05) is 6.20 Å². The van der Waals surface area contributed by atoms with Gasteiger partial charge in [0, 0.05) is 11.1 Å². The number of aryl methyl sites for hydroxylation is 1. The van der Waals surface area contributed by atoms with Gasteiger partial charge in [0.2, 0.25) is 0 Å². The van der Waals surface area contributed by atoms with Crippen molar-refractivity contribution in [3.8, 4) is 0 Å². The van der Waals surface area contributed by atoms with E-state index >= 15 is 0 Å². The van der Waals surface area contributed by atoms with Crippen molar-refractivity contribution in [3.05, 3.63) is 16.1 Å². The summed E-state index contributed by atoms with van der Waals surface area (Å²) >= 11 is 1.79. The van der Waals surface area contributed by atoms with E-state index in [0.29, 0.717) is 6.04 Å². The molecule has 1 aromatic rings. The zero-order chi connectivity index (χ0) is 10.4. The molecule has 0 saturated carbocycles. The van der Waals surface area contributed by atoms with Crippen LogP contribution in [0.3, 0.4) is 0 Å². The first-order valence-corrected chi connectivity index (χ1v) is 5.97. The van der Waals surface area contributed by atoms with Gasteiger partial charge in [-0.2, -0.15) is 0 Å². The van der Waals surface area contributed by atoms with Crippen molar-refractivity contribution < 1.29 is 0 Å². The largest absolute Gasteiger partial charge is 0.330 e. The molecule has 0 amide bonds. The molecule has 1 unspecified atom stereocenters. The van der Waals surface area contributed by atoms with Crippen molar-refractivity contribution in [1.82, 2.24) is 10.3 Å². The molecule has 0 aliphatic rings. The Labute approximate surface area is 89.7 Å². The molecule has 3 nitrogen and oxygen atoms in total. The molecule has 1 atom stereocenters. The SMILES string of the molecule is CCc1cnc(C(C)NCCCN)s1. The van der Waals surface area contributed by atoms with E-state index in [1.54, 1.807) is 11.3 Å². The number of rotatable bonds is 6. The van der Waals surface area contributed by atoms with Crippen molar-refractivity contribution in [2.75, 3.05) is 13.1 Å². The molecule has 0 bridgehead atoms. The molecule has 0 aliphatic carbocycles. The zero-order valence-corrected chi connectivity index (χ0v) is 9.73. The quantitative estimate of drug-likeness (QED) is 0.707. The van der Waals surface area contributed by atoms with Crippen LogP contribution in [0.1, 0.15) is 36.2 Å². The van der Waals surface area contributed by atoms with Gasteiger partial charge < -0.3 is 11.1 Å². The van der Waals surface area contributed by atoms with Crippen LogP contribution in [-0.4, -0.2) is 18.1 Å². The van der Waals surface area contributed by atoms with Crippen LogP contribution >= 0.6 is 11.3 Å². The summed E-state index contributed by atoms with van der Waals surface area (Å²) in [6, 6.07) is 0.354. The minimum Gasteiger partial charge on any atom is -0.330 e. The van der Waals surface area contributed by atoms with E-state index in [9.17, 15) is 0 Å². The van der Waals surface area contributed by atoms with E-state index in [1.165, 1.54) is 9.88 Å². The number of hydrogen-bond acceptors (Lipinski definition) is 4. The highest BCUT2D eigenvalue weighted by atomic mass is 32.1. The number of nitrogens with two attached hydrogens (primary N) is 1. The third kappa shape index (κ3) is 3.36. The van der Waals surface area contributed by atoms with Crippen molar-refractivity contribution >= 4 is 11.3 Å². The Morgan fingerprint density at radius 3 is 3.00 bits per heavy atom. The Hall–Kier alpha value is -0.450. The molecule has 4 heteroatoms. The first-order chi connectivity index (χ1) is 6.77. The molecule has 0 radical (unpaired) electrons. The molecule has 1 rings (SSSR count). The Balaban J connectivity index is 2.39. The highest BCUT2D eigenvalue weighted by molar-refractivity contribution is 7.11. The number of nitrogens with zero attached hydrogens (tertiary/aromatic N) is 1. The van der Waals surface area contributed by atoms with Crippen LogP contribution in [0, 0.1) is 0 Å². The maximum Gasteiger partial charge on any atom is 0.109 e. The second kappa shape index (κ2) is 6.11. The lowest BCUT2D eigenvalue weighted by atomic mass is 10.3. The molecule has 80 valence electrons. The standard InChI is InChI=1S/C10H19N3S/c1-3-9-7-13-10(14-9)8(2)12-6-4-5-11/h7-8,12H,3-6,11H2,1-2H3. The van der Waals surface area contributed by atoms with Gasteiger partial charge in [-0.05, 0) is 32.9 Å². The van der Waals surface area contributed by atoms with Crippen molar-refractivity contribution in [1.29, 1.82) is 0 Å². The van der Waals surface area contributed by atoms with Crippen molar-refractivity contribution in [2.45, 2.75) is 32.7 Å². The summed E-state index contributed by atoms with van der Waals surface area (Å²) in [6.07, 6.45) is 4.07. The predicted molar refractivity (Wildman–Crippen MR) is 61.6 cm³/mol. The number of aromatic nitrogens is 1. The van der Waals surface area contributed by atoms with E-state index in [4.69, 9.17) is 5.73 Å². The monoisotopic (exact) mass is 213 g/mol. The summed E-state index contributed by atoms with van der Waals surface area (Å²) < 4.78 is 0. The normalized spacial score (nSPS) is 13.1. The van der Waals surface area contributed by atoms with E-state index < -0.39 is 0 Å². The molecule has 0 aliphatic heterocycles. The van der Waals surface area contributed by atoms with Crippen LogP contribution in [-0.2, 0) is 6.42 Å². The summed E-state index contributed by atoms with van der Waals surface area (Å²) in [5, 5.41) is 4.58. The molecule has 3 N–H and O–H groups in total. The smallest absolute Gasteiger partial charge is 0.109 e. The van der Waals surface area contributed by atoms with Crippen LogP contribution in [0.4, 0.5) is 0 Å². The van der Waals surface area contributed by atoms with Gasteiger partial charge >= 0.3 is 0 Å². The van der Waals surface area contributed by atoms with Gasteiger partial charge in [0.1, 0.15) is 5.01 Å². The first-order valence-electron chi connectivity index (χ1n) is 5.16. The average Bonchev–Trinajstić information content (AvgIpc) is 2.66. The summed E-state index contributed by atoms with van der Waals surface area (Å²) in [6.45, 7) is 6.02. The molecule has 1 heterocycles. The number of thiazole rings is 1. The van der Waals surface area contributed by atoms with Gasteiger partial charge in [0.05, 0.1) is 6.04 Å². The van der Waals surface area contributed by atoms with Crippen LogP contribution in [0.2, 0.25) is 0 Å². The minimum atomic E-state index is 0.354. The van der Waals surface area contributed by atoms with Crippen molar-refractivity contribution in [2.24, 2.45) is 5.73 Å². The Morgan fingerprint density at radius 2 is 2.43 bits per heavy atom. The Kier molecular flexibility index (Phi) is 5.07. The second-order valence-electron chi connectivity index (χ2n) is 3.34. The molecule has 0 saturated heterocycles. The maximum atomic E-state index is 5.43. The van der Waals surface area contributed by atoms with Gasteiger partial charge in [-0.15, -0.1) is 11.3 Å². The summed E-state index contributed by atoms with van der Waals surface area (Å²) in [4.78, 5) is 5.74. The topological polar surface area (TPSA) is 50.9 Å². The predicted octanol–water partition coefficient (Wildman–Crippen LogP) is 1.70. The first kappa shape index (κ1) is 11.6. The van der Waals surface area contributed by atoms with Crippen LogP contribution in [0.5, 0.6) is 0 Å². The number of nitrogens with one attached hydrogen (secondary N) is 1. The lowest BCUT2D eigenvalue weighted by molar-refractivity contribution is 0.559. The van der Waals surface area contributed by atoms with Gasteiger partial charge in [0.15, 0.2) is 0 Å². The fourth-order valence-electron chi connectivity index (χ4n) is 1.19. The van der Waals surface area contributed by atoms with Gasteiger partial charge in [0.25, 0.3) is 0 Å². The molecule has 0 aromatic carbocycles. The maximum absolute atomic E-state index is 5.43. The van der Waals surface area contributed by atoms with Crippen molar-refractivity contribution in [3.63, 3.8) is 0 Å². The Morgan fingerprint density at radius 1 is 1.64 bits per heavy atom. The Bertz CT molecular complexity index is 260. The van der Waals surface area contributed by atoms with Crippen LogP contribution in [0.15, 0.2) is 6.20 Å². The highest BCUT2D eigenvalue weighted by Crippen LogP contribution is 2.19. The molecular weight excluding hydrogens is 194 g/mol. The molecule has 1 aromatic heterocycles. The minimum absolute atomic E-state index is 0.354. The molecular formula is C10H19N3S. The lowest BCUT2D eigenvalue weighted by Gasteiger charge is -2.09. The third-order valence-corrected chi connectivity index (χ3v) is 3.45. The number of hydrogen-bond donors (Lipinski definition) is 2. The lowest BCUT2D eigenvalue weighted by Crippen LogP contribution is -2.21. The summed E-state index contributed by atoms with van der Waals surface area (Å²) in [5.41, 5.74) is 5.43. The van der Waals surface area contributed by atoms with E-state index in [-0.39, 0.29) is 0 Å². The average molecular weight is 213 g/mol. The van der Waals surface area contributed by atoms with Gasteiger partial charge in [-0.1, -0.05) is 6.92 Å². The fraction of sp³-hybridized carbons (Fsp3) is 0.700. The molecule has 14 heavy (non-hydrogen) atoms. The zero-order valence-electron chi connectivity index (χ0n) is 8.92. The van der Waals surface area contributed by atoms with E-state index in [0.717, 1.165) is 25.9 Å². The highest BCUT2D eigenvalue weighted by Gasteiger charge is 2.08. The van der Waals surface area contributed by atoms with Gasteiger partial charge in [-0.25, -0.2) is 4.98 Å². The molecule has 0 fully saturated rings. The summed E-state index contributed by atoms with van der Waals surface area (Å²) in [5.74, 6) is 0. The fourth-order valence-corrected chi connectivity index (χ4v) is 2.08. The second-order valence-corrected chi connectivity index (χ2v) is 4.48. The third-order valence-electron chi connectivity index (χ3n) is 2.12.